The Morgan fingerprint density at radius 2 is 1.88 bits per heavy atom. The Labute approximate surface area is 145 Å². The number of amides is 1. The molecule has 4 rings (SSSR count). The smallest absolute Gasteiger partial charge is 0.277 e. The van der Waals surface area contributed by atoms with E-state index in [4.69, 9.17) is 4.42 Å². The van der Waals surface area contributed by atoms with Crippen LogP contribution in [0.5, 0.6) is 0 Å². The Kier molecular flexibility index (Phi) is 4.16. The van der Waals surface area contributed by atoms with Crippen LogP contribution in [0.15, 0.2) is 59.3 Å². The molecular weight excluding hydrogens is 316 g/mol. The molecule has 0 radical (unpaired) electrons. The highest BCUT2D eigenvalue weighted by atomic mass is 16.3. The monoisotopic (exact) mass is 334 g/mol. The number of hydrogen-bond acceptors (Lipinski definition) is 5. The first-order valence-corrected chi connectivity index (χ1v) is 8.33. The molecule has 0 bridgehead atoms. The molecule has 0 unspecified atom stereocenters. The summed E-state index contributed by atoms with van der Waals surface area (Å²) >= 11 is 0. The number of rotatable bonds is 4. The molecule has 0 atom stereocenters. The van der Waals surface area contributed by atoms with Crippen molar-refractivity contribution >= 4 is 17.4 Å². The largest absolute Gasteiger partial charge is 0.444 e. The quantitative estimate of drug-likeness (QED) is 0.789. The van der Waals surface area contributed by atoms with Gasteiger partial charge in [-0.25, -0.2) is 9.97 Å². The van der Waals surface area contributed by atoms with E-state index >= 15 is 0 Å². The maximum atomic E-state index is 12.3. The molecule has 3 aromatic rings. The molecule has 1 aliphatic heterocycles. The minimum atomic E-state index is -0.318. The molecule has 0 saturated carbocycles. The number of benzene rings is 1. The average Bonchev–Trinajstić information content (AvgIpc) is 3.35. The third kappa shape index (κ3) is 3.38. The zero-order valence-corrected chi connectivity index (χ0v) is 13.7. The highest BCUT2D eigenvalue weighted by Gasteiger charge is 2.15. The van der Waals surface area contributed by atoms with Gasteiger partial charge in [-0.05, 0) is 37.1 Å². The van der Waals surface area contributed by atoms with Crippen LogP contribution in [0.1, 0.15) is 23.3 Å². The number of oxazole rings is 1. The molecule has 1 fully saturated rings. The first-order chi connectivity index (χ1) is 12.3. The number of pyridine rings is 1. The minimum Gasteiger partial charge on any atom is -0.444 e. The van der Waals surface area contributed by atoms with Gasteiger partial charge in [0.25, 0.3) is 5.91 Å². The predicted molar refractivity (Wildman–Crippen MR) is 95.6 cm³/mol. The van der Waals surface area contributed by atoms with Crippen LogP contribution < -0.4 is 10.2 Å². The van der Waals surface area contributed by atoms with E-state index in [1.165, 1.54) is 19.1 Å². The number of nitrogens with zero attached hydrogens (tertiary/aromatic N) is 3. The zero-order chi connectivity index (χ0) is 17.1. The summed E-state index contributed by atoms with van der Waals surface area (Å²) < 4.78 is 5.40. The Bertz CT molecular complexity index is 853. The van der Waals surface area contributed by atoms with E-state index in [0.717, 1.165) is 24.5 Å². The first kappa shape index (κ1) is 15.4. The molecule has 6 nitrogen and oxygen atoms in total. The van der Waals surface area contributed by atoms with Crippen LogP contribution >= 0.6 is 0 Å². The summed E-state index contributed by atoms with van der Waals surface area (Å²) in [7, 11) is 0. The van der Waals surface area contributed by atoms with Crippen molar-refractivity contribution in [1.82, 2.24) is 9.97 Å². The lowest BCUT2D eigenvalue weighted by Crippen LogP contribution is -2.19. The van der Waals surface area contributed by atoms with E-state index < -0.39 is 0 Å². The SMILES string of the molecule is O=C(Nc1ccc(N2CCCC2)nc1)c1coc(-c2ccccc2)n1. The van der Waals surface area contributed by atoms with Gasteiger partial charge in [-0.1, -0.05) is 18.2 Å². The van der Waals surface area contributed by atoms with Gasteiger partial charge in [0.15, 0.2) is 5.69 Å². The van der Waals surface area contributed by atoms with Crippen molar-refractivity contribution < 1.29 is 9.21 Å². The molecule has 1 saturated heterocycles. The van der Waals surface area contributed by atoms with Crippen molar-refractivity contribution in [1.29, 1.82) is 0 Å². The second kappa shape index (κ2) is 6.76. The van der Waals surface area contributed by atoms with Gasteiger partial charge in [-0.15, -0.1) is 0 Å². The number of nitrogens with one attached hydrogen (secondary N) is 1. The van der Waals surface area contributed by atoms with Crippen LogP contribution in [0.3, 0.4) is 0 Å². The van der Waals surface area contributed by atoms with Crippen LogP contribution in [-0.2, 0) is 0 Å². The van der Waals surface area contributed by atoms with Crippen LogP contribution in [0.2, 0.25) is 0 Å². The summed E-state index contributed by atoms with van der Waals surface area (Å²) in [5.41, 5.74) is 1.71. The summed E-state index contributed by atoms with van der Waals surface area (Å²) in [6, 6.07) is 13.3. The molecule has 1 aromatic carbocycles. The van der Waals surface area contributed by atoms with Gasteiger partial charge in [0.05, 0.1) is 11.9 Å². The standard InChI is InChI=1S/C19H18N4O2/c24-18(16-13-25-19(22-16)14-6-2-1-3-7-14)21-15-8-9-17(20-12-15)23-10-4-5-11-23/h1-3,6-9,12-13H,4-5,10-11H2,(H,21,24). The molecule has 1 amide bonds. The second-order valence-electron chi connectivity index (χ2n) is 5.96. The van der Waals surface area contributed by atoms with Crippen molar-refractivity contribution in [3.63, 3.8) is 0 Å². The van der Waals surface area contributed by atoms with Crippen molar-refractivity contribution in [3.05, 3.63) is 60.6 Å². The molecule has 1 N–H and O–H groups in total. The minimum absolute atomic E-state index is 0.238. The van der Waals surface area contributed by atoms with Gasteiger partial charge in [-0.2, -0.15) is 0 Å². The average molecular weight is 334 g/mol. The highest BCUT2D eigenvalue weighted by Crippen LogP contribution is 2.21. The Balaban J connectivity index is 1.44. The van der Waals surface area contributed by atoms with E-state index in [2.05, 4.69) is 20.2 Å². The summed E-state index contributed by atoms with van der Waals surface area (Å²) in [6.07, 6.45) is 5.44. The third-order valence-corrected chi connectivity index (χ3v) is 4.19. The molecule has 0 spiro atoms. The van der Waals surface area contributed by atoms with E-state index in [1.54, 1.807) is 6.20 Å². The summed E-state index contributed by atoms with van der Waals surface area (Å²) in [4.78, 5) is 23.3. The molecule has 1 aliphatic rings. The zero-order valence-electron chi connectivity index (χ0n) is 13.7. The summed E-state index contributed by atoms with van der Waals surface area (Å²) in [5, 5.41) is 2.80. The van der Waals surface area contributed by atoms with E-state index in [-0.39, 0.29) is 11.6 Å². The Hall–Kier alpha value is -3.15. The van der Waals surface area contributed by atoms with Crippen LogP contribution in [-0.4, -0.2) is 29.0 Å². The lowest BCUT2D eigenvalue weighted by molar-refractivity contribution is 0.102. The summed E-state index contributed by atoms with van der Waals surface area (Å²) in [6.45, 7) is 2.08. The number of carbonyl (C=O) groups excluding carboxylic acids is 1. The number of anilines is 2. The van der Waals surface area contributed by atoms with Crippen molar-refractivity contribution in [2.45, 2.75) is 12.8 Å². The Morgan fingerprint density at radius 1 is 1.08 bits per heavy atom. The van der Waals surface area contributed by atoms with E-state index in [0.29, 0.717) is 11.6 Å². The molecule has 25 heavy (non-hydrogen) atoms. The van der Waals surface area contributed by atoms with Gasteiger partial charge in [-0.3, -0.25) is 4.79 Å². The van der Waals surface area contributed by atoms with Crippen LogP contribution in [0, 0.1) is 0 Å². The molecule has 6 heteroatoms. The fourth-order valence-corrected chi connectivity index (χ4v) is 2.88. The number of aromatic nitrogens is 2. The van der Waals surface area contributed by atoms with E-state index in [9.17, 15) is 4.79 Å². The molecule has 126 valence electrons. The summed E-state index contributed by atoms with van der Waals surface area (Å²) in [5.74, 6) is 1.05. The van der Waals surface area contributed by atoms with Gasteiger partial charge >= 0.3 is 0 Å². The van der Waals surface area contributed by atoms with Gasteiger partial charge in [0.2, 0.25) is 5.89 Å². The topological polar surface area (TPSA) is 71.3 Å². The van der Waals surface area contributed by atoms with Crippen molar-refractivity contribution in [3.8, 4) is 11.5 Å². The molecule has 2 aromatic heterocycles. The Morgan fingerprint density at radius 3 is 2.60 bits per heavy atom. The van der Waals surface area contributed by atoms with E-state index in [1.807, 2.05) is 42.5 Å². The van der Waals surface area contributed by atoms with Gasteiger partial charge in [0, 0.05) is 18.7 Å². The van der Waals surface area contributed by atoms with Crippen molar-refractivity contribution in [2.24, 2.45) is 0 Å². The van der Waals surface area contributed by atoms with Crippen LogP contribution in [0.4, 0.5) is 11.5 Å². The lowest BCUT2D eigenvalue weighted by atomic mass is 10.2. The third-order valence-electron chi connectivity index (χ3n) is 4.19. The van der Waals surface area contributed by atoms with Gasteiger partial charge < -0.3 is 14.6 Å². The number of hydrogen-bond donors (Lipinski definition) is 1. The second-order valence-corrected chi connectivity index (χ2v) is 5.96. The predicted octanol–water partition coefficient (Wildman–Crippen LogP) is 3.59. The highest BCUT2D eigenvalue weighted by molar-refractivity contribution is 6.02. The normalized spacial score (nSPS) is 13.8. The fourth-order valence-electron chi connectivity index (χ4n) is 2.88. The lowest BCUT2D eigenvalue weighted by Gasteiger charge is -2.16. The first-order valence-electron chi connectivity index (χ1n) is 8.33. The van der Waals surface area contributed by atoms with Crippen LogP contribution in [0.25, 0.3) is 11.5 Å². The molecule has 0 aliphatic carbocycles. The molecule has 3 heterocycles. The fraction of sp³-hybridized carbons (Fsp3) is 0.211. The van der Waals surface area contributed by atoms with Gasteiger partial charge in [0.1, 0.15) is 12.1 Å². The maximum absolute atomic E-state index is 12.3. The number of carbonyl (C=O) groups is 1. The maximum Gasteiger partial charge on any atom is 0.277 e. The molecular formula is C19H18N4O2. The van der Waals surface area contributed by atoms with Crippen molar-refractivity contribution in [2.75, 3.05) is 23.3 Å².